The molecule has 1 fully saturated rings. The molecule has 0 spiro atoms. The molecule has 3 rings (SSSR count). The number of hydrogen-bond acceptors (Lipinski definition) is 4. The Bertz CT molecular complexity index is 675. The Morgan fingerprint density at radius 2 is 1.81 bits per heavy atom. The Kier molecular flexibility index (Phi) is 6.67. The van der Waals surface area contributed by atoms with Crippen LogP contribution in [0.5, 0.6) is 0 Å². The van der Waals surface area contributed by atoms with Crippen LogP contribution in [0.2, 0.25) is 0 Å². The average molecular weight is 352 g/mol. The van der Waals surface area contributed by atoms with Crippen molar-refractivity contribution in [1.82, 2.24) is 4.90 Å². The fraction of sp³-hybridized carbons (Fsp3) is 0.409. The van der Waals surface area contributed by atoms with E-state index in [-0.39, 0.29) is 17.9 Å². The summed E-state index contributed by atoms with van der Waals surface area (Å²) >= 11 is 0. The van der Waals surface area contributed by atoms with Gasteiger partial charge in [-0.2, -0.15) is 0 Å². The molecule has 1 aliphatic heterocycles. The number of piperidine rings is 1. The van der Waals surface area contributed by atoms with Gasteiger partial charge in [-0.1, -0.05) is 48.5 Å². The molecule has 4 nitrogen and oxygen atoms in total. The van der Waals surface area contributed by atoms with Crippen LogP contribution < -0.4 is 5.32 Å². The SMILES string of the molecule is CCOC(=O)C1CN(CCc2ccccc2)CCC1Nc1ccccc1. The van der Waals surface area contributed by atoms with Crippen molar-refractivity contribution in [2.45, 2.75) is 25.8 Å². The topological polar surface area (TPSA) is 41.6 Å². The predicted octanol–water partition coefficient (Wildman–Crippen LogP) is 3.59. The van der Waals surface area contributed by atoms with Crippen LogP contribution in [0.4, 0.5) is 5.69 Å². The van der Waals surface area contributed by atoms with Gasteiger partial charge in [0, 0.05) is 31.4 Å². The molecule has 0 bridgehead atoms. The molecule has 0 aliphatic carbocycles. The van der Waals surface area contributed by atoms with E-state index >= 15 is 0 Å². The highest BCUT2D eigenvalue weighted by molar-refractivity contribution is 5.74. The van der Waals surface area contributed by atoms with E-state index in [0.29, 0.717) is 6.61 Å². The lowest BCUT2D eigenvalue weighted by Gasteiger charge is -2.38. The maximum absolute atomic E-state index is 12.5. The molecule has 0 saturated carbocycles. The van der Waals surface area contributed by atoms with Gasteiger partial charge in [-0.05, 0) is 37.5 Å². The third-order valence-electron chi connectivity index (χ3n) is 4.97. The minimum atomic E-state index is -0.139. The minimum absolute atomic E-state index is 0.0923. The molecule has 1 heterocycles. The van der Waals surface area contributed by atoms with Crippen LogP contribution in [-0.4, -0.2) is 43.2 Å². The number of carbonyl (C=O) groups excluding carboxylic acids is 1. The molecular formula is C22H28N2O2. The molecule has 0 aromatic heterocycles. The lowest BCUT2D eigenvalue weighted by molar-refractivity contribution is -0.150. The van der Waals surface area contributed by atoms with Gasteiger partial charge in [0.05, 0.1) is 12.5 Å². The number of esters is 1. The van der Waals surface area contributed by atoms with E-state index in [0.717, 1.165) is 38.2 Å². The van der Waals surface area contributed by atoms with E-state index in [1.54, 1.807) is 0 Å². The Hall–Kier alpha value is -2.33. The first kappa shape index (κ1) is 18.5. The highest BCUT2D eigenvalue weighted by atomic mass is 16.5. The first-order valence-electron chi connectivity index (χ1n) is 9.50. The van der Waals surface area contributed by atoms with Gasteiger partial charge in [-0.15, -0.1) is 0 Å². The Morgan fingerprint density at radius 1 is 1.12 bits per heavy atom. The molecule has 2 atom stereocenters. The van der Waals surface area contributed by atoms with Gasteiger partial charge in [-0.25, -0.2) is 0 Å². The average Bonchev–Trinajstić information content (AvgIpc) is 2.69. The smallest absolute Gasteiger partial charge is 0.312 e. The molecule has 2 aromatic carbocycles. The van der Waals surface area contributed by atoms with Gasteiger partial charge in [0.15, 0.2) is 0 Å². The zero-order chi connectivity index (χ0) is 18.2. The first-order chi connectivity index (χ1) is 12.8. The fourth-order valence-corrected chi connectivity index (χ4v) is 3.56. The molecule has 1 aliphatic rings. The fourth-order valence-electron chi connectivity index (χ4n) is 3.56. The maximum Gasteiger partial charge on any atom is 0.312 e. The summed E-state index contributed by atoms with van der Waals surface area (Å²) < 4.78 is 5.35. The van der Waals surface area contributed by atoms with Crippen LogP contribution in [0.1, 0.15) is 18.9 Å². The molecule has 0 amide bonds. The summed E-state index contributed by atoms with van der Waals surface area (Å²) in [5, 5.41) is 3.54. The monoisotopic (exact) mass is 352 g/mol. The Morgan fingerprint density at radius 3 is 2.50 bits per heavy atom. The normalized spacial score (nSPS) is 20.5. The molecule has 0 radical (unpaired) electrons. The summed E-state index contributed by atoms with van der Waals surface area (Å²) in [5.41, 5.74) is 2.40. The van der Waals surface area contributed by atoms with Crippen LogP contribution in [0.3, 0.4) is 0 Å². The standard InChI is InChI=1S/C22H28N2O2/c1-2-26-22(25)20-17-24(15-13-18-9-5-3-6-10-18)16-14-21(20)23-19-11-7-4-8-12-19/h3-12,20-21,23H,2,13-17H2,1H3. The van der Waals surface area contributed by atoms with Crippen molar-refractivity contribution in [3.05, 3.63) is 66.2 Å². The van der Waals surface area contributed by atoms with Crippen molar-refractivity contribution in [3.8, 4) is 0 Å². The van der Waals surface area contributed by atoms with E-state index in [2.05, 4.69) is 34.5 Å². The summed E-state index contributed by atoms with van der Waals surface area (Å²) in [4.78, 5) is 14.9. The second kappa shape index (κ2) is 9.39. The number of rotatable bonds is 7. The number of nitrogens with one attached hydrogen (secondary N) is 1. The number of carbonyl (C=O) groups is 1. The molecule has 138 valence electrons. The van der Waals surface area contributed by atoms with Crippen LogP contribution in [-0.2, 0) is 16.0 Å². The van der Waals surface area contributed by atoms with Gasteiger partial charge in [-0.3, -0.25) is 4.79 Å². The number of hydrogen-bond donors (Lipinski definition) is 1. The number of anilines is 1. The lowest BCUT2D eigenvalue weighted by atomic mass is 9.91. The van der Waals surface area contributed by atoms with Crippen molar-refractivity contribution < 1.29 is 9.53 Å². The van der Waals surface area contributed by atoms with Crippen LogP contribution in [0, 0.1) is 5.92 Å². The molecule has 2 unspecified atom stereocenters. The highest BCUT2D eigenvalue weighted by Crippen LogP contribution is 2.23. The van der Waals surface area contributed by atoms with Gasteiger partial charge in [0.2, 0.25) is 0 Å². The summed E-state index contributed by atoms with van der Waals surface area (Å²) in [6.07, 6.45) is 1.94. The third kappa shape index (κ3) is 5.09. The van der Waals surface area contributed by atoms with E-state index in [9.17, 15) is 4.79 Å². The zero-order valence-electron chi connectivity index (χ0n) is 15.4. The molecular weight excluding hydrogens is 324 g/mol. The van der Waals surface area contributed by atoms with Crippen molar-refractivity contribution in [2.24, 2.45) is 5.92 Å². The zero-order valence-corrected chi connectivity index (χ0v) is 15.4. The number of benzene rings is 2. The Labute approximate surface area is 156 Å². The Balaban J connectivity index is 1.62. The first-order valence-corrected chi connectivity index (χ1v) is 9.50. The molecule has 1 N–H and O–H groups in total. The lowest BCUT2D eigenvalue weighted by Crippen LogP contribution is -2.50. The third-order valence-corrected chi connectivity index (χ3v) is 4.97. The van der Waals surface area contributed by atoms with Gasteiger partial charge >= 0.3 is 5.97 Å². The minimum Gasteiger partial charge on any atom is -0.466 e. The second-order valence-corrected chi connectivity index (χ2v) is 6.80. The van der Waals surface area contributed by atoms with Gasteiger partial charge in [0.1, 0.15) is 0 Å². The van der Waals surface area contributed by atoms with E-state index < -0.39 is 0 Å². The largest absolute Gasteiger partial charge is 0.466 e. The quantitative estimate of drug-likeness (QED) is 0.773. The molecule has 26 heavy (non-hydrogen) atoms. The van der Waals surface area contributed by atoms with Gasteiger partial charge in [0.25, 0.3) is 0 Å². The summed E-state index contributed by atoms with van der Waals surface area (Å²) in [5.74, 6) is -0.231. The number of likely N-dealkylation sites (tertiary alicyclic amines) is 1. The van der Waals surface area contributed by atoms with Crippen molar-refractivity contribution in [2.75, 3.05) is 31.6 Å². The second-order valence-electron chi connectivity index (χ2n) is 6.80. The molecule has 2 aromatic rings. The number of nitrogens with zero attached hydrogens (tertiary/aromatic N) is 1. The highest BCUT2D eigenvalue weighted by Gasteiger charge is 2.35. The van der Waals surface area contributed by atoms with Crippen LogP contribution >= 0.6 is 0 Å². The maximum atomic E-state index is 12.5. The van der Waals surface area contributed by atoms with E-state index in [4.69, 9.17) is 4.74 Å². The summed E-state index contributed by atoms with van der Waals surface area (Å²) in [7, 11) is 0. The summed E-state index contributed by atoms with van der Waals surface area (Å²) in [6, 6.07) is 20.7. The van der Waals surface area contributed by atoms with Crippen molar-refractivity contribution in [1.29, 1.82) is 0 Å². The van der Waals surface area contributed by atoms with Crippen molar-refractivity contribution in [3.63, 3.8) is 0 Å². The van der Waals surface area contributed by atoms with E-state index in [1.165, 1.54) is 5.56 Å². The molecule has 1 saturated heterocycles. The van der Waals surface area contributed by atoms with Gasteiger partial charge < -0.3 is 15.0 Å². The van der Waals surface area contributed by atoms with Crippen LogP contribution in [0.25, 0.3) is 0 Å². The number of ether oxygens (including phenoxy) is 1. The van der Waals surface area contributed by atoms with Crippen LogP contribution in [0.15, 0.2) is 60.7 Å². The summed E-state index contributed by atoms with van der Waals surface area (Å²) in [6.45, 7) is 5.01. The number of para-hydroxylation sites is 1. The predicted molar refractivity (Wildman–Crippen MR) is 105 cm³/mol. The van der Waals surface area contributed by atoms with E-state index in [1.807, 2.05) is 43.3 Å². The van der Waals surface area contributed by atoms with Crippen molar-refractivity contribution >= 4 is 11.7 Å². The molecule has 4 heteroatoms.